The van der Waals surface area contributed by atoms with Crippen molar-refractivity contribution in [3.63, 3.8) is 0 Å². The van der Waals surface area contributed by atoms with E-state index in [1.807, 2.05) is 6.92 Å². The quantitative estimate of drug-likeness (QED) is 0.515. The monoisotopic (exact) mass is 408 g/mol. The first-order valence-electron chi connectivity index (χ1n) is 8.82. The Morgan fingerprint density at radius 1 is 1.32 bits per heavy atom. The average Bonchev–Trinajstić information content (AvgIpc) is 2.59. The van der Waals surface area contributed by atoms with Crippen LogP contribution in [0.25, 0.3) is 0 Å². The summed E-state index contributed by atoms with van der Waals surface area (Å²) in [5, 5.41) is 10.4. The highest BCUT2D eigenvalue weighted by molar-refractivity contribution is 6.35. The Labute approximate surface area is 167 Å². The molecule has 1 aromatic carbocycles. The number of pyridine rings is 1. The summed E-state index contributed by atoms with van der Waals surface area (Å²) < 4.78 is 15.3. The second-order valence-corrected chi connectivity index (χ2v) is 7.62. The summed E-state index contributed by atoms with van der Waals surface area (Å²) in [6.07, 6.45) is 1.76. The molecule has 8 heteroatoms. The minimum atomic E-state index is -0.721. The maximum atomic E-state index is 15.3. The molecule has 1 atom stereocenters. The normalized spacial score (nSPS) is 12.6. The number of hydrogen-bond donors (Lipinski definition) is 2. The van der Waals surface area contributed by atoms with Crippen LogP contribution in [0.4, 0.5) is 10.2 Å². The zero-order chi connectivity index (χ0) is 21.1. The molecule has 1 aromatic heterocycles. The molecule has 1 heterocycles. The Hall–Kier alpha value is -2.51. The van der Waals surface area contributed by atoms with Crippen LogP contribution >= 0.6 is 11.6 Å². The van der Waals surface area contributed by atoms with Crippen LogP contribution in [-0.4, -0.2) is 27.4 Å². The Bertz CT molecular complexity index is 885. The van der Waals surface area contributed by atoms with Gasteiger partial charge in [0.1, 0.15) is 18.1 Å². The summed E-state index contributed by atoms with van der Waals surface area (Å²) in [5.41, 5.74) is 5.03. The molecular formula is C20H24ClFN3O3+. The van der Waals surface area contributed by atoms with Gasteiger partial charge in [-0.3, -0.25) is 4.79 Å². The van der Waals surface area contributed by atoms with Gasteiger partial charge >= 0.3 is 5.97 Å². The lowest BCUT2D eigenvalue weighted by Gasteiger charge is -2.30. The second kappa shape index (κ2) is 8.67. The van der Waals surface area contributed by atoms with Crippen LogP contribution in [-0.2, 0) is 4.79 Å². The van der Waals surface area contributed by atoms with Gasteiger partial charge in [0.2, 0.25) is 0 Å². The van der Waals surface area contributed by atoms with E-state index in [1.165, 1.54) is 30.5 Å². The fraction of sp³-hybridized carbons (Fsp3) is 0.350. The number of nitrogens with zero attached hydrogens (tertiary/aromatic N) is 1. The van der Waals surface area contributed by atoms with E-state index in [0.717, 1.165) is 0 Å². The van der Waals surface area contributed by atoms with Crippen LogP contribution < -0.4 is 11.1 Å². The average molecular weight is 409 g/mol. The molecule has 150 valence electrons. The van der Waals surface area contributed by atoms with Gasteiger partial charge < -0.3 is 16.2 Å². The van der Waals surface area contributed by atoms with Crippen LogP contribution in [0.3, 0.4) is 0 Å². The number of ketones is 1. The molecule has 0 radical (unpaired) electrons. The number of carbonyl (C=O) groups is 2. The van der Waals surface area contributed by atoms with Gasteiger partial charge in [-0.15, -0.1) is 0 Å². The molecule has 0 aliphatic rings. The molecule has 2 aromatic rings. The van der Waals surface area contributed by atoms with Crippen molar-refractivity contribution in [2.75, 3.05) is 5.73 Å². The van der Waals surface area contributed by atoms with E-state index in [2.05, 4.69) is 10.3 Å². The van der Waals surface area contributed by atoms with Crippen LogP contribution in [0.2, 0.25) is 5.02 Å². The largest absolute Gasteiger partial charge is 0.565 e. The van der Waals surface area contributed by atoms with Crippen molar-refractivity contribution in [2.45, 2.75) is 45.2 Å². The zero-order valence-electron chi connectivity index (χ0n) is 16.0. The van der Waals surface area contributed by atoms with Gasteiger partial charge in [-0.05, 0) is 38.5 Å². The molecular weight excluding hydrogens is 385 g/mol. The third-order valence-corrected chi connectivity index (χ3v) is 4.66. The van der Waals surface area contributed by atoms with E-state index in [0.29, 0.717) is 6.42 Å². The van der Waals surface area contributed by atoms with Gasteiger partial charge in [0.05, 0.1) is 10.6 Å². The number of hydrogen-bond acceptors (Lipinski definition) is 5. The number of nitrogen functional groups attached to an aromatic ring is 1. The number of aromatic nitrogens is 1. The zero-order valence-corrected chi connectivity index (χ0v) is 16.7. The fourth-order valence-electron chi connectivity index (χ4n) is 3.05. The number of nitrogens with one attached hydrogen (secondary N) is 1. The maximum absolute atomic E-state index is 15.3. The molecule has 0 aliphatic heterocycles. The van der Waals surface area contributed by atoms with Gasteiger partial charge in [-0.2, -0.15) is 0 Å². The molecule has 0 spiro atoms. The van der Waals surface area contributed by atoms with E-state index in [4.69, 9.17) is 22.4 Å². The molecule has 0 bridgehead atoms. The first kappa shape index (κ1) is 21.8. The van der Waals surface area contributed by atoms with E-state index in [9.17, 15) is 9.59 Å². The number of benzene rings is 1. The SMILES string of the molecule is CCC(NC(C)(C)CC(=O)[OH2+])c1ccc(Cl)c(C(=O)c2ccc(N)nc2)c1F. The van der Waals surface area contributed by atoms with E-state index in [1.54, 1.807) is 13.8 Å². The van der Waals surface area contributed by atoms with Crippen molar-refractivity contribution >= 4 is 29.2 Å². The topological polar surface area (TPSA) is 108 Å². The van der Waals surface area contributed by atoms with Gasteiger partial charge in [-0.25, -0.2) is 9.37 Å². The van der Waals surface area contributed by atoms with Crippen molar-refractivity contribution in [1.82, 2.24) is 10.3 Å². The summed E-state index contributed by atoms with van der Waals surface area (Å²) in [6, 6.07) is 5.45. The number of rotatable bonds is 8. The van der Waals surface area contributed by atoms with E-state index < -0.39 is 29.2 Å². The molecule has 5 N–H and O–H groups in total. The summed E-state index contributed by atoms with van der Waals surface area (Å²) in [4.78, 5) is 27.8. The molecule has 2 rings (SSSR count). The lowest BCUT2D eigenvalue weighted by atomic mass is 9.93. The Balaban J connectivity index is 2.43. The highest BCUT2D eigenvalue weighted by Gasteiger charge is 2.31. The molecule has 0 aliphatic carbocycles. The molecule has 28 heavy (non-hydrogen) atoms. The summed E-state index contributed by atoms with van der Waals surface area (Å²) in [5.74, 6) is -1.78. The lowest BCUT2D eigenvalue weighted by molar-refractivity contribution is -0.138. The van der Waals surface area contributed by atoms with Crippen LogP contribution in [0.1, 0.15) is 61.1 Å². The van der Waals surface area contributed by atoms with Gasteiger partial charge in [0.25, 0.3) is 0 Å². The van der Waals surface area contributed by atoms with Crippen molar-refractivity contribution in [2.24, 2.45) is 0 Å². The summed E-state index contributed by atoms with van der Waals surface area (Å²) in [6.45, 7) is 5.39. The van der Waals surface area contributed by atoms with E-state index in [-0.39, 0.29) is 34.0 Å². The Morgan fingerprint density at radius 2 is 2.00 bits per heavy atom. The third-order valence-electron chi connectivity index (χ3n) is 4.35. The maximum Gasteiger partial charge on any atom is 0.517 e. The highest BCUT2D eigenvalue weighted by Crippen LogP contribution is 2.31. The molecule has 6 nitrogen and oxygen atoms in total. The highest BCUT2D eigenvalue weighted by atomic mass is 35.5. The number of carbonyl (C=O) groups excluding carboxylic acids is 2. The first-order chi connectivity index (χ1) is 13.1. The fourth-order valence-corrected chi connectivity index (χ4v) is 3.29. The molecule has 0 amide bonds. The van der Waals surface area contributed by atoms with Crippen LogP contribution in [0.15, 0.2) is 30.5 Å². The van der Waals surface area contributed by atoms with Crippen molar-refractivity contribution in [3.8, 4) is 0 Å². The minimum Gasteiger partial charge on any atom is -0.565 e. The predicted octanol–water partition coefficient (Wildman–Crippen LogP) is 3.15. The number of anilines is 1. The van der Waals surface area contributed by atoms with Gasteiger partial charge in [0, 0.05) is 33.7 Å². The third kappa shape index (κ3) is 5.05. The minimum absolute atomic E-state index is 0.00137. The standard InChI is InChI=1S/C20H23ClFN3O3/c1-4-14(25-20(2,3)9-16(26)27)12-6-7-13(21)17(18(12)22)19(28)11-5-8-15(23)24-10-11/h5-8,10,14,25H,4,9H2,1-3H3,(H2,23,24)(H,26,27)/p+1. The smallest absolute Gasteiger partial charge is 0.517 e. The number of nitrogens with two attached hydrogens (primary N) is 1. The van der Waals surface area contributed by atoms with Crippen molar-refractivity contribution in [3.05, 3.63) is 58.0 Å². The van der Waals surface area contributed by atoms with Crippen LogP contribution in [0.5, 0.6) is 0 Å². The van der Waals surface area contributed by atoms with Gasteiger partial charge in [-0.1, -0.05) is 24.6 Å². The second-order valence-electron chi connectivity index (χ2n) is 7.22. The van der Waals surface area contributed by atoms with E-state index >= 15 is 4.39 Å². The predicted molar refractivity (Wildman–Crippen MR) is 107 cm³/mol. The first-order valence-corrected chi connectivity index (χ1v) is 9.19. The van der Waals surface area contributed by atoms with Gasteiger partial charge in [0.15, 0.2) is 5.78 Å². The molecule has 0 fully saturated rings. The number of halogens is 2. The molecule has 0 saturated heterocycles. The molecule has 1 unspecified atom stereocenters. The summed E-state index contributed by atoms with van der Waals surface area (Å²) in [7, 11) is 0. The lowest BCUT2D eigenvalue weighted by Crippen LogP contribution is -2.43. The van der Waals surface area contributed by atoms with Crippen LogP contribution in [0, 0.1) is 5.82 Å². The summed E-state index contributed by atoms with van der Waals surface area (Å²) >= 11 is 6.13. The Kier molecular flexibility index (Phi) is 6.74. The Morgan fingerprint density at radius 3 is 2.54 bits per heavy atom. The van der Waals surface area contributed by atoms with Crippen molar-refractivity contribution < 1.29 is 19.1 Å². The molecule has 0 saturated carbocycles. The van der Waals surface area contributed by atoms with Crippen molar-refractivity contribution in [1.29, 1.82) is 0 Å².